The number of hydrogen-bond acceptors (Lipinski definition) is 4. The topological polar surface area (TPSA) is 102 Å². The molecule has 0 spiro atoms. The van der Waals surface area contributed by atoms with Gasteiger partial charge < -0.3 is 10.6 Å². The van der Waals surface area contributed by atoms with Crippen molar-refractivity contribution in [1.82, 2.24) is 4.90 Å². The summed E-state index contributed by atoms with van der Waals surface area (Å²) in [5.41, 5.74) is 8.00. The Balaban J connectivity index is 2.41. The number of benzene rings is 1. The number of amidine groups is 1. The zero-order valence-electron chi connectivity index (χ0n) is 12.3. The molecule has 0 aliphatic carbocycles. The van der Waals surface area contributed by atoms with Crippen LogP contribution in [0.25, 0.3) is 0 Å². The van der Waals surface area contributed by atoms with Crippen LogP contribution in [0.1, 0.15) is 17.5 Å². The van der Waals surface area contributed by atoms with Crippen molar-refractivity contribution in [1.29, 1.82) is 0 Å². The summed E-state index contributed by atoms with van der Waals surface area (Å²) >= 11 is 1.68. The van der Waals surface area contributed by atoms with Crippen LogP contribution in [0.15, 0.2) is 28.7 Å². The molecule has 0 radical (unpaired) electrons. The van der Waals surface area contributed by atoms with E-state index >= 15 is 0 Å². The summed E-state index contributed by atoms with van der Waals surface area (Å²) in [5.74, 6) is 1.60. The Kier molecular flexibility index (Phi) is 7.16. The van der Waals surface area contributed by atoms with Crippen LogP contribution in [0.4, 0.5) is 0 Å². The molecule has 8 heteroatoms. The highest BCUT2D eigenvalue weighted by Gasteiger charge is 2.02. The Bertz CT molecular complexity index is 586. The molecule has 0 bridgehead atoms. The SMILES string of the molecule is CN(C)Cc1cccc(CSCCC(N)=NS(N)(=O)=O)c1. The summed E-state index contributed by atoms with van der Waals surface area (Å²) in [4.78, 5) is 2.12. The van der Waals surface area contributed by atoms with Crippen molar-refractivity contribution in [2.45, 2.75) is 18.7 Å². The van der Waals surface area contributed by atoms with Crippen LogP contribution in [0.3, 0.4) is 0 Å². The average molecular weight is 330 g/mol. The van der Waals surface area contributed by atoms with Gasteiger partial charge >= 0.3 is 10.2 Å². The minimum absolute atomic E-state index is 0.0476. The molecule has 0 heterocycles. The molecular weight excluding hydrogens is 308 g/mol. The zero-order valence-corrected chi connectivity index (χ0v) is 14.0. The quantitative estimate of drug-likeness (QED) is 0.419. The minimum Gasteiger partial charge on any atom is -0.386 e. The van der Waals surface area contributed by atoms with E-state index in [-0.39, 0.29) is 5.84 Å². The molecule has 118 valence electrons. The number of hydrogen-bond donors (Lipinski definition) is 2. The number of nitrogens with zero attached hydrogens (tertiary/aromatic N) is 2. The number of thioether (sulfide) groups is 1. The van der Waals surface area contributed by atoms with Crippen molar-refractivity contribution in [2.75, 3.05) is 19.8 Å². The first-order valence-electron chi connectivity index (χ1n) is 6.43. The van der Waals surface area contributed by atoms with E-state index in [1.54, 1.807) is 11.8 Å². The third-order valence-electron chi connectivity index (χ3n) is 2.51. The van der Waals surface area contributed by atoms with Gasteiger partial charge in [0, 0.05) is 24.5 Å². The van der Waals surface area contributed by atoms with E-state index in [0.29, 0.717) is 12.2 Å². The van der Waals surface area contributed by atoms with Gasteiger partial charge in [-0.2, -0.15) is 20.2 Å². The molecule has 0 unspecified atom stereocenters. The van der Waals surface area contributed by atoms with Crippen LogP contribution in [0.5, 0.6) is 0 Å². The minimum atomic E-state index is -3.88. The van der Waals surface area contributed by atoms with Crippen molar-refractivity contribution >= 4 is 27.8 Å². The van der Waals surface area contributed by atoms with Gasteiger partial charge in [-0.1, -0.05) is 24.3 Å². The van der Waals surface area contributed by atoms with E-state index in [2.05, 4.69) is 27.5 Å². The molecule has 0 fully saturated rings. The summed E-state index contributed by atoms with van der Waals surface area (Å²) in [6.45, 7) is 0.909. The summed E-state index contributed by atoms with van der Waals surface area (Å²) in [6, 6.07) is 8.40. The van der Waals surface area contributed by atoms with E-state index in [1.165, 1.54) is 11.1 Å². The molecule has 1 aromatic rings. The second kappa shape index (κ2) is 8.38. The second-order valence-corrected chi connectivity index (χ2v) is 7.28. The third-order valence-corrected chi connectivity index (χ3v) is 4.03. The fourth-order valence-electron chi connectivity index (χ4n) is 1.76. The smallest absolute Gasteiger partial charge is 0.318 e. The molecule has 0 amide bonds. The Morgan fingerprint density at radius 3 is 2.62 bits per heavy atom. The molecular formula is C13H22N4O2S2. The first-order valence-corrected chi connectivity index (χ1v) is 9.09. The first kappa shape index (κ1) is 18.0. The summed E-state index contributed by atoms with van der Waals surface area (Å²) < 4.78 is 24.7. The van der Waals surface area contributed by atoms with Crippen molar-refractivity contribution in [2.24, 2.45) is 15.3 Å². The molecule has 0 saturated carbocycles. The predicted molar refractivity (Wildman–Crippen MR) is 89.3 cm³/mol. The Morgan fingerprint density at radius 2 is 2.00 bits per heavy atom. The number of rotatable bonds is 8. The Hall–Kier alpha value is -1.09. The molecule has 0 atom stereocenters. The van der Waals surface area contributed by atoms with Crippen LogP contribution in [-0.2, 0) is 22.5 Å². The lowest BCUT2D eigenvalue weighted by atomic mass is 10.1. The molecule has 4 N–H and O–H groups in total. The highest BCUT2D eigenvalue weighted by Crippen LogP contribution is 2.15. The van der Waals surface area contributed by atoms with Crippen LogP contribution in [0, 0.1) is 0 Å². The molecule has 6 nitrogen and oxygen atoms in total. The maximum absolute atomic E-state index is 10.7. The maximum atomic E-state index is 10.7. The lowest BCUT2D eigenvalue weighted by Gasteiger charge is -2.10. The maximum Gasteiger partial charge on any atom is 0.318 e. The normalized spacial score (nSPS) is 12.9. The van der Waals surface area contributed by atoms with Gasteiger partial charge in [0.15, 0.2) is 0 Å². The molecule has 0 aromatic heterocycles. The number of nitrogens with two attached hydrogens (primary N) is 2. The van der Waals surface area contributed by atoms with E-state index in [9.17, 15) is 8.42 Å². The fourth-order valence-corrected chi connectivity index (χ4v) is 3.09. The highest BCUT2D eigenvalue weighted by atomic mass is 32.2. The van der Waals surface area contributed by atoms with E-state index in [1.807, 2.05) is 20.2 Å². The lowest BCUT2D eigenvalue weighted by Crippen LogP contribution is -2.19. The van der Waals surface area contributed by atoms with Gasteiger partial charge in [-0.05, 0) is 25.2 Å². The van der Waals surface area contributed by atoms with Gasteiger partial charge in [0.25, 0.3) is 0 Å². The van der Waals surface area contributed by atoms with Gasteiger partial charge in [0.1, 0.15) is 5.84 Å². The van der Waals surface area contributed by atoms with Crippen LogP contribution in [-0.4, -0.2) is 39.0 Å². The largest absolute Gasteiger partial charge is 0.386 e. The van der Waals surface area contributed by atoms with Crippen LogP contribution >= 0.6 is 11.8 Å². The van der Waals surface area contributed by atoms with Crippen LogP contribution < -0.4 is 10.9 Å². The summed E-state index contributed by atoms with van der Waals surface area (Å²) in [6.07, 6.45) is 0.401. The second-order valence-electron chi connectivity index (χ2n) is 4.96. The summed E-state index contributed by atoms with van der Waals surface area (Å²) in [7, 11) is 0.193. The van der Waals surface area contributed by atoms with Crippen molar-refractivity contribution < 1.29 is 8.42 Å². The summed E-state index contributed by atoms with van der Waals surface area (Å²) in [5, 5.41) is 4.78. The Morgan fingerprint density at radius 1 is 1.33 bits per heavy atom. The van der Waals surface area contributed by atoms with E-state index in [4.69, 9.17) is 10.9 Å². The van der Waals surface area contributed by atoms with Gasteiger partial charge in [-0.15, -0.1) is 4.40 Å². The molecule has 0 aliphatic rings. The standard InChI is InChI=1S/C13H22N4O2S2/c1-17(2)9-11-4-3-5-12(8-11)10-20-7-6-13(14)16-21(15,18)19/h3-5,8H,6-7,9-10H2,1-2H3,(H2,14,16)(H2,15,18,19). The third kappa shape index (κ3) is 8.71. The zero-order chi connectivity index (χ0) is 15.9. The fraction of sp³-hybridized carbons (Fsp3) is 0.462. The van der Waals surface area contributed by atoms with Gasteiger partial charge in [-0.25, -0.2) is 5.14 Å². The van der Waals surface area contributed by atoms with Crippen LogP contribution in [0.2, 0.25) is 0 Å². The molecule has 1 rings (SSSR count). The monoisotopic (exact) mass is 330 g/mol. The molecule has 1 aromatic carbocycles. The lowest BCUT2D eigenvalue weighted by molar-refractivity contribution is 0.402. The molecule has 21 heavy (non-hydrogen) atoms. The van der Waals surface area contributed by atoms with Crippen molar-refractivity contribution in [3.05, 3.63) is 35.4 Å². The Labute approximate surface area is 130 Å². The van der Waals surface area contributed by atoms with Crippen molar-refractivity contribution in [3.8, 4) is 0 Å². The van der Waals surface area contributed by atoms with E-state index in [0.717, 1.165) is 12.3 Å². The highest BCUT2D eigenvalue weighted by molar-refractivity contribution is 7.98. The van der Waals surface area contributed by atoms with Gasteiger partial charge in [0.05, 0.1) is 0 Å². The predicted octanol–water partition coefficient (Wildman–Crippen LogP) is 0.932. The van der Waals surface area contributed by atoms with Crippen molar-refractivity contribution in [3.63, 3.8) is 0 Å². The van der Waals surface area contributed by atoms with Gasteiger partial charge in [0.2, 0.25) is 0 Å². The van der Waals surface area contributed by atoms with Gasteiger partial charge in [-0.3, -0.25) is 0 Å². The average Bonchev–Trinajstić information content (AvgIpc) is 2.32. The molecule has 0 saturated heterocycles. The molecule has 0 aliphatic heterocycles. The van der Waals surface area contributed by atoms with E-state index < -0.39 is 10.2 Å². The first-order chi connectivity index (χ1) is 9.76.